The lowest BCUT2D eigenvalue weighted by Crippen LogP contribution is -2.41. The van der Waals surface area contributed by atoms with Crippen molar-refractivity contribution in [3.63, 3.8) is 0 Å². The zero-order chi connectivity index (χ0) is 13.6. The summed E-state index contributed by atoms with van der Waals surface area (Å²) in [7, 11) is 0.992. The molecule has 5 nitrogen and oxygen atoms in total. The van der Waals surface area contributed by atoms with Crippen molar-refractivity contribution in [2.24, 2.45) is 10.9 Å². The molecule has 1 heterocycles. The lowest BCUT2D eigenvalue weighted by molar-refractivity contribution is 0.454. The second kappa shape index (κ2) is 8.99. The van der Waals surface area contributed by atoms with Gasteiger partial charge >= 0.3 is 0 Å². The minimum absolute atomic E-state index is 0. The minimum atomic E-state index is -2.78. The van der Waals surface area contributed by atoms with Gasteiger partial charge in [0, 0.05) is 27.2 Å². The summed E-state index contributed by atoms with van der Waals surface area (Å²) in [5.74, 6) is 1.73. The second-order valence-corrected chi connectivity index (χ2v) is 7.20. The van der Waals surface area contributed by atoms with Crippen molar-refractivity contribution in [3.05, 3.63) is 0 Å². The van der Waals surface area contributed by atoms with Crippen LogP contribution in [-0.2, 0) is 9.84 Å². The van der Waals surface area contributed by atoms with Crippen molar-refractivity contribution in [2.45, 2.75) is 26.2 Å². The van der Waals surface area contributed by atoms with Crippen LogP contribution in [0, 0.1) is 5.92 Å². The average molecular weight is 403 g/mol. The highest BCUT2D eigenvalue weighted by Crippen LogP contribution is 2.17. The van der Waals surface area contributed by atoms with E-state index in [0.29, 0.717) is 18.1 Å². The Hall–Kier alpha value is -0.0500. The summed E-state index contributed by atoms with van der Waals surface area (Å²) in [6, 6.07) is 0. The molecule has 0 saturated carbocycles. The summed E-state index contributed by atoms with van der Waals surface area (Å²) in [5, 5.41) is 3.27. The molecule has 19 heavy (non-hydrogen) atoms. The molecule has 0 radical (unpaired) electrons. The third-order valence-corrected chi connectivity index (χ3v) is 5.13. The van der Waals surface area contributed by atoms with Gasteiger partial charge in [-0.3, -0.25) is 4.99 Å². The molecule has 1 saturated heterocycles. The van der Waals surface area contributed by atoms with Gasteiger partial charge in [0.2, 0.25) is 0 Å². The topological polar surface area (TPSA) is 61.8 Å². The van der Waals surface area contributed by atoms with Crippen LogP contribution >= 0.6 is 24.0 Å². The molecule has 1 aliphatic heterocycles. The minimum Gasteiger partial charge on any atom is -0.356 e. The van der Waals surface area contributed by atoms with E-state index in [9.17, 15) is 8.42 Å². The first-order valence-corrected chi connectivity index (χ1v) is 8.43. The van der Waals surface area contributed by atoms with Crippen molar-refractivity contribution in [1.82, 2.24) is 10.2 Å². The third-order valence-electron chi connectivity index (χ3n) is 3.30. The van der Waals surface area contributed by atoms with E-state index in [4.69, 9.17) is 0 Å². The van der Waals surface area contributed by atoms with Gasteiger partial charge in [-0.25, -0.2) is 8.42 Å². The molecule has 1 aliphatic rings. The first-order chi connectivity index (χ1) is 8.48. The predicted molar refractivity (Wildman–Crippen MR) is 91.1 cm³/mol. The zero-order valence-corrected chi connectivity index (χ0v) is 15.2. The zero-order valence-electron chi connectivity index (χ0n) is 12.1. The number of rotatable bonds is 5. The SMILES string of the molecule is CCCCN(C)C(=NC)NCC1CCS(=O)(=O)C1.I. The van der Waals surface area contributed by atoms with E-state index >= 15 is 0 Å². The largest absolute Gasteiger partial charge is 0.356 e. The second-order valence-electron chi connectivity index (χ2n) is 4.97. The maximum absolute atomic E-state index is 11.4. The predicted octanol–water partition coefficient (Wildman–Crippen LogP) is 1.35. The Morgan fingerprint density at radius 1 is 1.47 bits per heavy atom. The summed E-state index contributed by atoms with van der Waals surface area (Å²) >= 11 is 0. The van der Waals surface area contributed by atoms with Crippen molar-refractivity contribution in [2.75, 3.05) is 38.7 Å². The molecule has 0 aromatic rings. The Kier molecular flexibility index (Phi) is 8.97. The quantitative estimate of drug-likeness (QED) is 0.428. The van der Waals surface area contributed by atoms with Crippen LogP contribution in [0.5, 0.6) is 0 Å². The Morgan fingerprint density at radius 3 is 2.63 bits per heavy atom. The van der Waals surface area contributed by atoms with Crippen LogP contribution in [0.2, 0.25) is 0 Å². The van der Waals surface area contributed by atoms with E-state index in [-0.39, 0.29) is 29.9 Å². The number of aliphatic imine (C=N–C) groups is 1. The molecule has 7 heteroatoms. The number of unbranched alkanes of at least 4 members (excludes halogenated alkanes) is 1. The number of guanidine groups is 1. The summed E-state index contributed by atoms with van der Waals surface area (Å²) in [6.07, 6.45) is 3.06. The average Bonchev–Trinajstić information content (AvgIpc) is 2.67. The summed E-state index contributed by atoms with van der Waals surface area (Å²) in [5.41, 5.74) is 0. The fraction of sp³-hybridized carbons (Fsp3) is 0.917. The first kappa shape index (κ1) is 18.9. The summed E-state index contributed by atoms with van der Waals surface area (Å²) in [6.45, 7) is 3.83. The molecule has 114 valence electrons. The van der Waals surface area contributed by atoms with Gasteiger partial charge < -0.3 is 10.2 Å². The molecule has 0 bridgehead atoms. The molecular weight excluding hydrogens is 377 g/mol. The fourth-order valence-electron chi connectivity index (χ4n) is 2.15. The molecule has 0 spiro atoms. The van der Waals surface area contributed by atoms with Gasteiger partial charge in [-0.2, -0.15) is 0 Å². The van der Waals surface area contributed by atoms with Gasteiger partial charge in [-0.1, -0.05) is 13.3 Å². The highest BCUT2D eigenvalue weighted by molar-refractivity contribution is 14.0. The van der Waals surface area contributed by atoms with Gasteiger partial charge in [-0.05, 0) is 18.8 Å². The van der Waals surface area contributed by atoms with E-state index < -0.39 is 9.84 Å². The summed E-state index contributed by atoms with van der Waals surface area (Å²) in [4.78, 5) is 6.31. The first-order valence-electron chi connectivity index (χ1n) is 6.60. The normalized spacial score (nSPS) is 21.8. The Balaban J connectivity index is 0.00000324. The number of nitrogens with zero attached hydrogens (tertiary/aromatic N) is 2. The van der Waals surface area contributed by atoms with Crippen molar-refractivity contribution in [3.8, 4) is 0 Å². The highest BCUT2D eigenvalue weighted by atomic mass is 127. The van der Waals surface area contributed by atoms with E-state index in [1.165, 1.54) is 0 Å². The van der Waals surface area contributed by atoms with Crippen molar-refractivity contribution >= 4 is 39.8 Å². The van der Waals surface area contributed by atoms with E-state index in [0.717, 1.165) is 31.8 Å². The van der Waals surface area contributed by atoms with Crippen LogP contribution in [0.15, 0.2) is 4.99 Å². The smallest absolute Gasteiger partial charge is 0.193 e. The van der Waals surface area contributed by atoms with Gasteiger partial charge in [0.15, 0.2) is 15.8 Å². The maximum atomic E-state index is 11.4. The standard InChI is InChI=1S/C12H25N3O2S.HI/c1-4-5-7-15(3)12(13-2)14-9-11-6-8-18(16,17)10-11;/h11H,4-10H2,1-3H3,(H,13,14);1H. The Bertz CT molecular complexity index is 384. The molecule has 1 fully saturated rings. The number of halogens is 1. The van der Waals surface area contributed by atoms with Gasteiger partial charge in [0.05, 0.1) is 11.5 Å². The van der Waals surface area contributed by atoms with Crippen molar-refractivity contribution in [1.29, 1.82) is 0 Å². The molecule has 1 atom stereocenters. The molecule has 0 aromatic carbocycles. The number of sulfone groups is 1. The monoisotopic (exact) mass is 403 g/mol. The van der Waals surface area contributed by atoms with Crippen LogP contribution < -0.4 is 5.32 Å². The lowest BCUT2D eigenvalue weighted by Gasteiger charge is -2.23. The summed E-state index contributed by atoms with van der Waals surface area (Å²) < 4.78 is 22.7. The molecule has 0 amide bonds. The number of nitrogens with one attached hydrogen (secondary N) is 1. The van der Waals surface area contributed by atoms with Crippen LogP contribution in [0.1, 0.15) is 26.2 Å². The van der Waals surface area contributed by atoms with Crippen LogP contribution in [0.25, 0.3) is 0 Å². The maximum Gasteiger partial charge on any atom is 0.193 e. The van der Waals surface area contributed by atoms with Gasteiger partial charge in [0.1, 0.15) is 0 Å². The molecule has 0 aromatic heterocycles. The lowest BCUT2D eigenvalue weighted by atomic mass is 10.1. The van der Waals surface area contributed by atoms with Crippen LogP contribution in [0.3, 0.4) is 0 Å². The van der Waals surface area contributed by atoms with E-state index in [1.54, 1.807) is 7.05 Å². The van der Waals surface area contributed by atoms with Crippen LogP contribution in [-0.4, -0.2) is 58.0 Å². The van der Waals surface area contributed by atoms with Crippen molar-refractivity contribution < 1.29 is 8.42 Å². The van der Waals surface area contributed by atoms with Gasteiger partial charge in [0.25, 0.3) is 0 Å². The molecule has 1 unspecified atom stereocenters. The fourth-order valence-corrected chi connectivity index (χ4v) is 4.02. The van der Waals surface area contributed by atoms with Crippen LogP contribution in [0.4, 0.5) is 0 Å². The Morgan fingerprint density at radius 2 is 2.16 bits per heavy atom. The highest BCUT2D eigenvalue weighted by Gasteiger charge is 2.27. The number of hydrogen-bond acceptors (Lipinski definition) is 3. The Labute approximate surface area is 134 Å². The van der Waals surface area contributed by atoms with E-state index in [1.807, 2.05) is 7.05 Å². The van der Waals surface area contributed by atoms with E-state index in [2.05, 4.69) is 22.1 Å². The molecule has 1 rings (SSSR count). The third kappa shape index (κ3) is 6.78. The molecule has 1 N–H and O–H groups in total. The molecule has 0 aliphatic carbocycles. The van der Waals surface area contributed by atoms with Gasteiger partial charge in [-0.15, -0.1) is 24.0 Å². The number of hydrogen-bond donors (Lipinski definition) is 1. The molecular formula is C12H26IN3O2S.